The number of hydrogen-bond acceptors (Lipinski definition) is 5. The number of halogens is 2. The summed E-state index contributed by atoms with van der Waals surface area (Å²) in [6.07, 6.45) is 0. The van der Waals surface area contributed by atoms with Gasteiger partial charge in [-0.15, -0.1) is 0 Å². The maximum Gasteiger partial charge on any atom is 0.270 e. The van der Waals surface area contributed by atoms with Gasteiger partial charge in [0.2, 0.25) is 0 Å². The summed E-state index contributed by atoms with van der Waals surface area (Å²) >= 11 is 12.1. The first kappa shape index (κ1) is 21.0. The molecule has 0 aliphatic carbocycles. The van der Waals surface area contributed by atoms with E-state index in [-0.39, 0.29) is 11.3 Å². The third kappa shape index (κ3) is 5.56. The highest BCUT2D eigenvalue weighted by atomic mass is 35.5. The van der Waals surface area contributed by atoms with Crippen molar-refractivity contribution in [3.8, 4) is 0 Å². The lowest BCUT2D eigenvalue weighted by Gasteiger charge is -2.18. The van der Waals surface area contributed by atoms with Crippen LogP contribution in [0.4, 0.5) is 11.4 Å². The number of carbonyl (C=O) groups excluding carboxylic acids is 1. The standard InChI is InChI=1S/C18H19Cl2N3O4/c1-11(14-5-3-12(19)9-16(14)20)22-18(24)15-10-13(23(25)26)4-6-17(15)21-7-8-27-2/h3-6,9-11,21H,7-8H2,1-2H3,(H,22,24). The van der Waals surface area contributed by atoms with Gasteiger partial charge in [0.15, 0.2) is 0 Å². The molecule has 9 heteroatoms. The van der Waals surface area contributed by atoms with E-state index in [0.717, 1.165) is 0 Å². The Bertz CT molecular complexity index is 845. The van der Waals surface area contributed by atoms with E-state index in [2.05, 4.69) is 10.6 Å². The number of nitrogens with zero attached hydrogens (tertiary/aromatic N) is 1. The molecule has 0 saturated carbocycles. The van der Waals surface area contributed by atoms with Crippen LogP contribution in [0.1, 0.15) is 28.9 Å². The highest BCUT2D eigenvalue weighted by molar-refractivity contribution is 6.35. The van der Waals surface area contributed by atoms with Crippen LogP contribution in [0.2, 0.25) is 10.0 Å². The van der Waals surface area contributed by atoms with Gasteiger partial charge in [-0.2, -0.15) is 0 Å². The molecule has 2 rings (SSSR count). The van der Waals surface area contributed by atoms with Crippen molar-refractivity contribution in [1.29, 1.82) is 0 Å². The second kappa shape index (κ2) is 9.55. The summed E-state index contributed by atoms with van der Waals surface area (Å²) < 4.78 is 4.97. The molecule has 0 radical (unpaired) electrons. The van der Waals surface area contributed by atoms with Gasteiger partial charge < -0.3 is 15.4 Å². The van der Waals surface area contributed by atoms with Crippen LogP contribution in [0.25, 0.3) is 0 Å². The molecule has 0 heterocycles. The highest BCUT2D eigenvalue weighted by Crippen LogP contribution is 2.27. The maximum atomic E-state index is 12.8. The fourth-order valence-corrected chi connectivity index (χ4v) is 3.05. The lowest BCUT2D eigenvalue weighted by molar-refractivity contribution is -0.384. The molecular weight excluding hydrogens is 393 g/mol. The summed E-state index contributed by atoms with van der Waals surface area (Å²) in [5, 5.41) is 17.8. The van der Waals surface area contributed by atoms with E-state index in [1.807, 2.05) is 0 Å². The van der Waals surface area contributed by atoms with Crippen LogP contribution in [0.3, 0.4) is 0 Å². The first-order valence-corrected chi connectivity index (χ1v) is 8.86. The van der Waals surface area contributed by atoms with Crippen molar-refractivity contribution in [2.75, 3.05) is 25.6 Å². The van der Waals surface area contributed by atoms with Crippen molar-refractivity contribution in [1.82, 2.24) is 5.32 Å². The smallest absolute Gasteiger partial charge is 0.270 e. The van der Waals surface area contributed by atoms with Gasteiger partial charge in [-0.05, 0) is 30.7 Å². The summed E-state index contributed by atoms with van der Waals surface area (Å²) in [7, 11) is 1.56. The number of nitro benzene ring substituents is 1. The van der Waals surface area contributed by atoms with Crippen LogP contribution in [0.5, 0.6) is 0 Å². The zero-order valence-electron chi connectivity index (χ0n) is 14.8. The number of anilines is 1. The third-order valence-corrected chi connectivity index (χ3v) is 4.42. The average molecular weight is 412 g/mol. The van der Waals surface area contributed by atoms with Gasteiger partial charge in [-0.25, -0.2) is 0 Å². The molecule has 2 N–H and O–H groups in total. The van der Waals surface area contributed by atoms with Gasteiger partial charge in [0, 0.05) is 41.5 Å². The lowest BCUT2D eigenvalue weighted by Crippen LogP contribution is -2.28. The monoisotopic (exact) mass is 411 g/mol. The SMILES string of the molecule is COCCNc1ccc([N+](=O)[O-])cc1C(=O)NC(C)c1ccc(Cl)cc1Cl. The quantitative estimate of drug-likeness (QED) is 0.380. The number of carbonyl (C=O) groups is 1. The Morgan fingerprint density at radius 2 is 2.00 bits per heavy atom. The molecule has 1 amide bonds. The zero-order valence-corrected chi connectivity index (χ0v) is 16.3. The Kier molecular flexibility index (Phi) is 7.41. The molecule has 0 aliphatic heterocycles. The van der Waals surface area contributed by atoms with Crippen LogP contribution >= 0.6 is 23.2 Å². The minimum Gasteiger partial charge on any atom is -0.383 e. The van der Waals surface area contributed by atoms with Gasteiger partial charge in [0.05, 0.1) is 23.1 Å². The molecule has 0 bridgehead atoms. The Labute approximate surface area is 166 Å². The summed E-state index contributed by atoms with van der Waals surface area (Å²) in [6, 6.07) is 8.64. The predicted molar refractivity (Wildman–Crippen MR) is 106 cm³/mol. The summed E-state index contributed by atoms with van der Waals surface area (Å²) in [4.78, 5) is 23.3. The maximum absolute atomic E-state index is 12.8. The third-order valence-electron chi connectivity index (χ3n) is 3.86. The Morgan fingerprint density at radius 1 is 1.26 bits per heavy atom. The molecule has 0 saturated heterocycles. The summed E-state index contributed by atoms with van der Waals surface area (Å²) in [5.41, 5.74) is 1.16. The number of rotatable bonds is 8. The van der Waals surface area contributed by atoms with Crippen LogP contribution in [-0.4, -0.2) is 31.1 Å². The number of nitrogens with one attached hydrogen (secondary N) is 2. The van der Waals surface area contributed by atoms with Crippen molar-refractivity contribution in [3.05, 3.63) is 67.7 Å². The minimum absolute atomic E-state index is 0.164. The molecule has 27 heavy (non-hydrogen) atoms. The van der Waals surface area contributed by atoms with Gasteiger partial charge >= 0.3 is 0 Å². The molecule has 2 aromatic carbocycles. The van der Waals surface area contributed by atoms with Crippen LogP contribution < -0.4 is 10.6 Å². The zero-order chi connectivity index (χ0) is 20.0. The first-order chi connectivity index (χ1) is 12.8. The van der Waals surface area contributed by atoms with Gasteiger partial charge in [0.25, 0.3) is 11.6 Å². The number of non-ortho nitro benzene ring substituents is 1. The molecule has 0 aromatic heterocycles. The molecular formula is C18H19Cl2N3O4. The fourth-order valence-electron chi connectivity index (χ4n) is 2.48. The lowest BCUT2D eigenvalue weighted by atomic mass is 10.1. The molecule has 7 nitrogen and oxygen atoms in total. The largest absolute Gasteiger partial charge is 0.383 e. The molecule has 0 aliphatic rings. The van der Waals surface area contributed by atoms with Crippen LogP contribution in [0.15, 0.2) is 36.4 Å². The van der Waals surface area contributed by atoms with Gasteiger partial charge in [-0.1, -0.05) is 29.3 Å². The predicted octanol–water partition coefficient (Wildman–Crippen LogP) is 4.45. The average Bonchev–Trinajstić information content (AvgIpc) is 2.61. The van der Waals surface area contributed by atoms with E-state index >= 15 is 0 Å². The van der Waals surface area contributed by atoms with E-state index in [1.165, 1.54) is 18.2 Å². The molecule has 1 unspecified atom stereocenters. The second-order valence-electron chi connectivity index (χ2n) is 5.77. The number of methoxy groups -OCH3 is 1. The van der Waals surface area contributed by atoms with E-state index < -0.39 is 16.9 Å². The molecule has 0 spiro atoms. The van der Waals surface area contributed by atoms with Crippen molar-refractivity contribution >= 4 is 40.5 Å². The van der Waals surface area contributed by atoms with Crippen molar-refractivity contribution < 1.29 is 14.5 Å². The summed E-state index contributed by atoms with van der Waals surface area (Å²) in [5.74, 6) is -0.461. The number of nitro groups is 1. The number of benzene rings is 2. The number of amides is 1. The molecule has 1 atom stereocenters. The van der Waals surface area contributed by atoms with Crippen LogP contribution in [-0.2, 0) is 4.74 Å². The van der Waals surface area contributed by atoms with Crippen molar-refractivity contribution in [2.24, 2.45) is 0 Å². The van der Waals surface area contributed by atoms with Crippen molar-refractivity contribution in [3.63, 3.8) is 0 Å². The fraction of sp³-hybridized carbons (Fsp3) is 0.278. The molecule has 2 aromatic rings. The van der Waals surface area contributed by atoms with E-state index in [1.54, 1.807) is 32.2 Å². The van der Waals surface area contributed by atoms with E-state index in [9.17, 15) is 14.9 Å². The first-order valence-electron chi connectivity index (χ1n) is 8.10. The topological polar surface area (TPSA) is 93.5 Å². The van der Waals surface area contributed by atoms with E-state index in [4.69, 9.17) is 27.9 Å². The summed E-state index contributed by atoms with van der Waals surface area (Å²) in [6.45, 7) is 2.64. The Hall–Kier alpha value is -2.35. The van der Waals surface area contributed by atoms with E-state index in [0.29, 0.717) is 34.4 Å². The number of ether oxygens (including phenoxy) is 1. The number of hydrogen-bond donors (Lipinski definition) is 2. The highest BCUT2D eigenvalue weighted by Gasteiger charge is 2.20. The Balaban J connectivity index is 2.26. The van der Waals surface area contributed by atoms with Gasteiger partial charge in [-0.3, -0.25) is 14.9 Å². The molecule has 144 valence electrons. The van der Waals surface area contributed by atoms with Gasteiger partial charge in [0.1, 0.15) is 0 Å². The second-order valence-corrected chi connectivity index (χ2v) is 6.61. The normalized spacial score (nSPS) is 11.7. The van der Waals surface area contributed by atoms with Crippen molar-refractivity contribution in [2.45, 2.75) is 13.0 Å². The minimum atomic E-state index is -0.546. The molecule has 0 fully saturated rings. The Morgan fingerprint density at radius 3 is 2.63 bits per heavy atom. The van der Waals surface area contributed by atoms with Crippen LogP contribution in [0, 0.1) is 10.1 Å².